The average molecular weight is 251 g/mol. The zero-order chi connectivity index (χ0) is 13.1. The van der Waals surface area contributed by atoms with Crippen LogP contribution in [0.5, 0.6) is 5.88 Å². The van der Waals surface area contributed by atoms with Crippen LogP contribution in [0, 0.1) is 11.8 Å². The molecule has 0 spiro atoms. The van der Waals surface area contributed by atoms with Gasteiger partial charge in [-0.1, -0.05) is 26.7 Å². The van der Waals surface area contributed by atoms with Crippen LogP contribution in [-0.4, -0.2) is 16.4 Å². The van der Waals surface area contributed by atoms with Gasteiger partial charge in [0, 0.05) is 7.05 Å². The Bertz CT molecular complexity index is 400. The van der Waals surface area contributed by atoms with Crippen molar-refractivity contribution in [2.24, 2.45) is 18.9 Å². The summed E-state index contributed by atoms with van der Waals surface area (Å²) in [7, 11) is 1.90. The van der Waals surface area contributed by atoms with E-state index in [9.17, 15) is 0 Å². The Hall–Kier alpha value is -1.19. The van der Waals surface area contributed by atoms with Crippen LogP contribution in [0.4, 0.5) is 5.69 Å². The second-order valence-electron chi connectivity index (χ2n) is 5.59. The summed E-state index contributed by atoms with van der Waals surface area (Å²) in [6.07, 6.45) is 6.10. The summed E-state index contributed by atoms with van der Waals surface area (Å²) in [5.41, 5.74) is 7.70. The van der Waals surface area contributed by atoms with E-state index in [2.05, 4.69) is 18.9 Å². The lowest BCUT2D eigenvalue weighted by Crippen LogP contribution is -2.20. The number of ether oxygens (including phenoxy) is 1. The van der Waals surface area contributed by atoms with E-state index >= 15 is 0 Å². The topological polar surface area (TPSA) is 53.1 Å². The van der Waals surface area contributed by atoms with Crippen molar-refractivity contribution >= 4 is 5.69 Å². The summed E-state index contributed by atoms with van der Waals surface area (Å²) >= 11 is 0. The first-order chi connectivity index (χ1) is 8.61. The monoisotopic (exact) mass is 251 g/mol. The first kappa shape index (κ1) is 13.2. The van der Waals surface area contributed by atoms with Gasteiger partial charge in [-0.3, -0.25) is 0 Å². The van der Waals surface area contributed by atoms with E-state index in [1.807, 2.05) is 7.05 Å². The second kappa shape index (κ2) is 5.63. The van der Waals surface area contributed by atoms with Crippen LogP contribution in [0.2, 0.25) is 0 Å². The Labute approximate surface area is 110 Å². The normalized spacial score (nSPS) is 24.2. The Morgan fingerprint density at radius 3 is 2.83 bits per heavy atom. The van der Waals surface area contributed by atoms with Crippen molar-refractivity contribution < 1.29 is 4.74 Å². The summed E-state index contributed by atoms with van der Waals surface area (Å²) in [6, 6.07) is 0. The van der Waals surface area contributed by atoms with E-state index in [0.717, 1.165) is 30.5 Å². The van der Waals surface area contributed by atoms with E-state index in [0.29, 0.717) is 11.6 Å². The van der Waals surface area contributed by atoms with Gasteiger partial charge in [0.05, 0.1) is 12.3 Å². The molecule has 2 atom stereocenters. The summed E-state index contributed by atoms with van der Waals surface area (Å²) in [4.78, 5) is 0. The van der Waals surface area contributed by atoms with Gasteiger partial charge in [0.2, 0.25) is 5.88 Å². The molecule has 0 saturated heterocycles. The lowest BCUT2D eigenvalue weighted by Gasteiger charge is -2.26. The smallest absolute Gasteiger partial charge is 0.235 e. The van der Waals surface area contributed by atoms with E-state index in [1.165, 1.54) is 25.7 Å². The molecule has 1 aliphatic carbocycles. The third-order valence-corrected chi connectivity index (χ3v) is 3.94. The molecule has 0 radical (unpaired) electrons. The van der Waals surface area contributed by atoms with Gasteiger partial charge in [-0.05, 0) is 31.1 Å². The van der Waals surface area contributed by atoms with Crippen LogP contribution in [0.1, 0.15) is 45.2 Å². The first-order valence-electron chi connectivity index (χ1n) is 7.06. The molecule has 4 heteroatoms. The SMILES string of the molecule is CCc1nn(C)c(OCC2CCCC(C)C2)c1N. The highest BCUT2D eigenvalue weighted by Crippen LogP contribution is 2.30. The fourth-order valence-electron chi connectivity index (χ4n) is 2.92. The second-order valence-corrected chi connectivity index (χ2v) is 5.59. The highest BCUT2D eigenvalue weighted by molar-refractivity contribution is 5.53. The maximum atomic E-state index is 6.05. The summed E-state index contributed by atoms with van der Waals surface area (Å²) in [5, 5.41) is 4.37. The van der Waals surface area contributed by atoms with Gasteiger partial charge in [0.15, 0.2) is 0 Å². The van der Waals surface area contributed by atoms with Crippen LogP contribution < -0.4 is 10.5 Å². The number of aryl methyl sites for hydroxylation is 2. The van der Waals surface area contributed by atoms with Crippen LogP contribution >= 0.6 is 0 Å². The zero-order valence-electron chi connectivity index (χ0n) is 11.8. The number of hydrogen-bond donors (Lipinski definition) is 1. The highest BCUT2D eigenvalue weighted by atomic mass is 16.5. The predicted octanol–water partition coefficient (Wildman–Crippen LogP) is 2.77. The first-order valence-corrected chi connectivity index (χ1v) is 7.06. The maximum Gasteiger partial charge on any atom is 0.235 e. The average Bonchev–Trinajstić information content (AvgIpc) is 2.62. The molecule has 1 heterocycles. The van der Waals surface area contributed by atoms with Crippen molar-refractivity contribution in [3.8, 4) is 5.88 Å². The molecule has 0 amide bonds. The third kappa shape index (κ3) is 2.79. The zero-order valence-corrected chi connectivity index (χ0v) is 11.8. The summed E-state index contributed by atoms with van der Waals surface area (Å²) in [6.45, 7) is 5.17. The Balaban J connectivity index is 1.95. The van der Waals surface area contributed by atoms with Crippen LogP contribution in [-0.2, 0) is 13.5 Å². The molecule has 1 aromatic heterocycles. The summed E-state index contributed by atoms with van der Waals surface area (Å²) in [5.74, 6) is 2.25. The summed E-state index contributed by atoms with van der Waals surface area (Å²) < 4.78 is 7.68. The minimum atomic E-state index is 0.674. The molecule has 1 fully saturated rings. The number of aromatic nitrogens is 2. The van der Waals surface area contributed by atoms with E-state index in [4.69, 9.17) is 10.5 Å². The molecule has 1 saturated carbocycles. The third-order valence-electron chi connectivity index (χ3n) is 3.94. The van der Waals surface area contributed by atoms with Gasteiger partial charge < -0.3 is 10.5 Å². The predicted molar refractivity (Wildman–Crippen MR) is 73.6 cm³/mol. The molecule has 1 aliphatic rings. The molecular formula is C14H25N3O. The molecule has 0 aromatic carbocycles. The number of nitrogens with two attached hydrogens (primary N) is 1. The van der Waals surface area contributed by atoms with Gasteiger partial charge >= 0.3 is 0 Å². The fourth-order valence-corrected chi connectivity index (χ4v) is 2.92. The van der Waals surface area contributed by atoms with E-state index in [1.54, 1.807) is 4.68 Å². The highest BCUT2D eigenvalue weighted by Gasteiger charge is 2.21. The van der Waals surface area contributed by atoms with Crippen molar-refractivity contribution in [3.05, 3.63) is 5.69 Å². The molecular weight excluding hydrogens is 226 g/mol. The van der Waals surface area contributed by atoms with Crippen molar-refractivity contribution in [2.75, 3.05) is 12.3 Å². The van der Waals surface area contributed by atoms with Gasteiger partial charge in [-0.15, -0.1) is 0 Å². The number of rotatable bonds is 4. The van der Waals surface area contributed by atoms with Crippen LogP contribution in [0.25, 0.3) is 0 Å². The molecule has 2 unspecified atom stereocenters. The van der Waals surface area contributed by atoms with Crippen molar-refractivity contribution in [1.29, 1.82) is 0 Å². The number of hydrogen-bond acceptors (Lipinski definition) is 3. The minimum absolute atomic E-state index is 0.674. The number of anilines is 1. The van der Waals surface area contributed by atoms with Gasteiger partial charge in [0.25, 0.3) is 0 Å². The lowest BCUT2D eigenvalue weighted by molar-refractivity contribution is 0.173. The molecule has 18 heavy (non-hydrogen) atoms. The van der Waals surface area contributed by atoms with E-state index in [-0.39, 0.29) is 0 Å². The van der Waals surface area contributed by atoms with Crippen molar-refractivity contribution in [2.45, 2.75) is 46.0 Å². The van der Waals surface area contributed by atoms with E-state index < -0.39 is 0 Å². The van der Waals surface area contributed by atoms with Gasteiger partial charge in [0.1, 0.15) is 5.69 Å². The molecule has 2 rings (SSSR count). The fraction of sp³-hybridized carbons (Fsp3) is 0.786. The van der Waals surface area contributed by atoms with Crippen LogP contribution in [0.3, 0.4) is 0 Å². The number of nitrogens with zero attached hydrogens (tertiary/aromatic N) is 2. The number of nitrogen functional groups attached to an aromatic ring is 1. The quantitative estimate of drug-likeness (QED) is 0.895. The van der Waals surface area contributed by atoms with Crippen molar-refractivity contribution in [3.63, 3.8) is 0 Å². The molecule has 4 nitrogen and oxygen atoms in total. The maximum absolute atomic E-state index is 6.05. The molecule has 1 aromatic rings. The standard InChI is InChI=1S/C14H25N3O/c1-4-12-13(15)14(17(3)16-12)18-9-11-7-5-6-10(2)8-11/h10-11H,4-9,15H2,1-3H3. The largest absolute Gasteiger partial charge is 0.476 e. The Morgan fingerprint density at radius 2 is 2.22 bits per heavy atom. The molecule has 0 bridgehead atoms. The molecule has 0 aliphatic heterocycles. The molecule has 2 N–H and O–H groups in total. The minimum Gasteiger partial charge on any atom is -0.476 e. The van der Waals surface area contributed by atoms with Gasteiger partial charge in [-0.2, -0.15) is 5.10 Å². The Kier molecular flexibility index (Phi) is 4.15. The molecule has 102 valence electrons. The van der Waals surface area contributed by atoms with Gasteiger partial charge in [-0.25, -0.2) is 4.68 Å². The Morgan fingerprint density at radius 1 is 1.44 bits per heavy atom. The lowest BCUT2D eigenvalue weighted by atomic mass is 9.83. The van der Waals surface area contributed by atoms with Crippen molar-refractivity contribution in [1.82, 2.24) is 9.78 Å². The van der Waals surface area contributed by atoms with Crippen LogP contribution in [0.15, 0.2) is 0 Å².